The molecule has 2 aromatic rings. The van der Waals surface area contributed by atoms with Crippen LogP contribution < -0.4 is 4.90 Å². The molecule has 0 fully saturated rings. The lowest BCUT2D eigenvalue weighted by atomic mass is 10.3. The third-order valence-corrected chi connectivity index (χ3v) is 2.77. The maximum absolute atomic E-state index is 4.40. The van der Waals surface area contributed by atoms with E-state index in [2.05, 4.69) is 49.9 Å². The standard InChI is InChI=1S/C10H14BrN5/c1-8(2)16(5-3-11)9-10-14-13-7-15(10)6-4-12-9/h4,6-8H,3,5H2,1-2H3. The molecule has 0 aliphatic heterocycles. The van der Waals surface area contributed by atoms with Crippen LogP contribution in [0, 0.1) is 0 Å². The number of fused-ring (bicyclic) bond motifs is 1. The summed E-state index contributed by atoms with van der Waals surface area (Å²) in [4.78, 5) is 6.61. The predicted molar refractivity (Wildman–Crippen MR) is 67.1 cm³/mol. The first kappa shape index (κ1) is 11.3. The number of hydrogen-bond donors (Lipinski definition) is 0. The van der Waals surface area contributed by atoms with E-state index in [1.54, 1.807) is 12.5 Å². The van der Waals surface area contributed by atoms with Gasteiger partial charge in [0.15, 0.2) is 5.82 Å². The van der Waals surface area contributed by atoms with Crippen molar-refractivity contribution < 1.29 is 0 Å². The van der Waals surface area contributed by atoms with Crippen molar-refractivity contribution in [3.8, 4) is 0 Å². The van der Waals surface area contributed by atoms with Crippen LogP contribution in [0.3, 0.4) is 0 Å². The first-order chi connectivity index (χ1) is 7.74. The summed E-state index contributed by atoms with van der Waals surface area (Å²) >= 11 is 3.46. The monoisotopic (exact) mass is 283 g/mol. The number of halogens is 1. The van der Waals surface area contributed by atoms with Crippen molar-refractivity contribution in [3.05, 3.63) is 18.7 Å². The van der Waals surface area contributed by atoms with Crippen molar-refractivity contribution in [2.24, 2.45) is 0 Å². The average Bonchev–Trinajstić information content (AvgIpc) is 2.73. The number of nitrogens with zero attached hydrogens (tertiary/aromatic N) is 5. The molecule has 16 heavy (non-hydrogen) atoms. The lowest BCUT2D eigenvalue weighted by Crippen LogP contribution is -2.33. The molecule has 0 N–H and O–H groups in total. The smallest absolute Gasteiger partial charge is 0.203 e. The molecule has 86 valence electrons. The molecule has 0 saturated carbocycles. The summed E-state index contributed by atoms with van der Waals surface area (Å²) in [6, 6.07) is 0.382. The lowest BCUT2D eigenvalue weighted by molar-refractivity contribution is 0.697. The fraction of sp³-hybridized carbons (Fsp3) is 0.500. The van der Waals surface area contributed by atoms with Gasteiger partial charge in [-0.15, -0.1) is 10.2 Å². The van der Waals surface area contributed by atoms with E-state index in [9.17, 15) is 0 Å². The van der Waals surface area contributed by atoms with Gasteiger partial charge in [0, 0.05) is 30.3 Å². The zero-order valence-electron chi connectivity index (χ0n) is 9.34. The highest BCUT2D eigenvalue weighted by molar-refractivity contribution is 9.09. The minimum absolute atomic E-state index is 0.382. The maximum atomic E-state index is 4.40. The summed E-state index contributed by atoms with van der Waals surface area (Å²) in [7, 11) is 0. The van der Waals surface area contributed by atoms with Gasteiger partial charge < -0.3 is 4.90 Å². The Morgan fingerprint density at radius 3 is 3.00 bits per heavy atom. The van der Waals surface area contributed by atoms with Gasteiger partial charge in [0.25, 0.3) is 0 Å². The molecule has 2 aromatic heterocycles. The molecule has 0 aliphatic carbocycles. The van der Waals surface area contributed by atoms with E-state index in [0.717, 1.165) is 23.3 Å². The molecular formula is C10H14BrN5. The van der Waals surface area contributed by atoms with Crippen LogP contribution in [0.15, 0.2) is 18.7 Å². The van der Waals surface area contributed by atoms with E-state index >= 15 is 0 Å². The molecular weight excluding hydrogens is 270 g/mol. The summed E-state index contributed by atoms with van der Waals surface area (Å²) in [6.45, 7) is 5.19. The molecule has 0 aliphatic rings. The predicted octanol–water partition coefficient (Wildman–Crippen LogP) is 1.73. The second-order valence-electron chi connectivity index (χ2n) is 3.79. The Morgan fingerprint density at radius 2 is 2.31 bits per heavy atom. The Kier molecular flexibility index (Phi) is 3.38. The van der Waals surface area contributed by atoms with E-state index in [-0.39, 0.29) is 0 Å². The van der Waals surface area contributed by atoms with Gasteiger partial charge in [0.05, 0.1) is 0 Å². The lowest BCUT2D eigenvalue weighted by Gasteiger charge is -2.26. The topological polar surface area (TPSA) is 46.3 Å². The van der Waals surface area contributed by atoms with Gasteiger partial charge in [-0.05, 0) is 13.8 Å². The van der Waals surface area contributed by atoms with Crippen molar-refractivity contribution in [1.29, 1.82) is 0 Å². The Morgan fingerprint density at radius 1 is 1.50 bits per heavy atom. The largest absolute Gasteiger partial charge is 0.350 e. The summed E-state index contributed by atoms with van der Waals surface area (Å²) in [5.74, 6) is 0.884. The van der Waals surface area contributed by atoms with Crippen LogP contribution >= 0.6 is 15.9 Å². The van der Waals surface area contributed by atoms with Gasteiger partial charge in [-0.2, -0.15) is 0 Å². The Balaban J connectivity index is 2.47. The number of anilines is 1. The number of alkyl halides is 1. The molecule has 0 amide bonds. The van der Waals surface area contributed by atoms with Crippen molar-refractivity contribution >= 4 is 27.4 Å². The number of hydrogen-bond acceptors (Lipinski definition) is 4. The maximum Gasteiger partial charge on any atom is 0.203 e. The Hall–Kier alpha value is -1.17. The van der Waals surface area contributed by atoms with Crippen LogP contribution in [0.5, 0.6) is 0 Å². The quantitative estimate of drug-likeness (QED) is 0.802. The number of rotatable bonds is 4. The third-order valence-electron chi connectivity index (χ3n) is 2.42. The van der Waals surface area contributed by atoms with Gasteiger partial charge in [0.2, 0.25) is 5.65 Å². The van der Waals surface area contributed by atoms with E-state index in [4.69, 9.17) is 0 Å². The molecule has 0 radical (unpaired) electrons. The van der Waals surface area contributed by atoms with Crippen molar-refractivity contribution in [2.45, 2.75) is 19.9 Å². The van der Waals surface area contributed by atoms with Crippen LogP contribution in [0.2, 0.25) is 0 Å². The SMILES string of the molecule is CC(C)N(CCBr)c1nccn2cnnc12. The first-order valence-corrected chi connectivity index (χ1v) is 6.33. The fourth-order valence-corrected chi connectivity index (χ4v) is 2.03. The van der Waals surface area contributed by atoms with E-state index < -0.39 is 0 Å². The molecule has 0 spiro atoms. The van der Waals surface area contributed by atoms with Crippen LogP contribution in [0.1, 0.15) is 13.8 Å². The zero-order chi connectivity index (χ0) is 11.5. The second-order valence-corrected chi connectivity index (χ2v) is 4.58. The van der Waals surface area contributed by atoms with Gasteiger partial charge in [-0.1, -0.05) is 15.9 Å². The van der Waals surface area contributed by atoms with Crippen LogP contribution in [-0.2, 0) is 0 Å². The van der Waals surface area contributed by atoms with E-state index in [0.29, 0.717) is 6.04 Å². The zero-order valence-corrected chi connectivity index (χ0v) is 10.9. The molecule has 0 aromatic carbocycles. The molecule has 2 rings (SSSR count). The van der Waals surface area contributed by atoms with E-state index in [1.165, 1.54) is 0 Å². The Labute approximate surface area is 103 Å². The van der Waals surface area contributed by atoms with Crippen LogP contribution in [0.4, 0.5) is 5.82 Å². The van der Waals surface area contributed by atoms with Gasteiger partial charge >= 0.3 is 0 Å². The molecule has 0 unspecified atom stereocenters. The van der Waals surface area contributed by atoms with Gasteiger partial charge in [0.1, 0.15) is 6.33 Å². The molecule has 6 heteroatoms. The molecule has 0 bridgehead atoms. The minimum Gasteiger partial charge on any atom is -0.350 e. The summed E-state index contributed by atoms with van der Waals surface area (Å²) < 4.78 is 1.88. The van der Waals surface area contributed by atoms with Gasteiger partial charge in [-0.25, -0.2) is 4.98 Å². The first-order valence-electron chi connectivity index (χ1n) is 5.21. The van der Waals surface area contributed by atoms with Crippen LogP contribution in [-0.4, -0.2) is 37.5 Å². The minimum atomic E-state index is 0.382. The molecule has 0 atom stereocenters. The van der Waals surface area contributed by atoms with Crippen LogP contribution in [0.25, 0.3) is 5.65 Å². The molecule has 0 saturated heterocycles. The molecule has 2 heterocycles. The number of aromatic nitrogens is 4. The van der Waals surface area contributed by atoms with Crippen molar-refractivity contribution in [3.63, 3.8) is 0 Å². The Bertz CT molecular complexity index is 467. The van der Waals surface area contributed by atoms with Gasteiger partial charge in [-0.3, -0.25) is 4.40 Å². The highest BCUT2D eigenvalue weighted by atomic mass is 79.9. The van der Waals surface area contributed by atoms with Crippen molar-refractivity contribution in [1.82, 2.24) is 19.6 Å². The fourth-order valence-electron chi connectivity index (χ4n) is 1.65. The second kappa shape index (κ2) is 4.78. The van der Waals surface area contributed by atoms with Crippen molar-refractivity contribution in [2.75, 3.05) is 16.8 Å². The third kappa shape index (κ3) is 2.02. The normalized spacial score (nSPS) is 11.2. The summed E-state index contributed by atoms with van der Waals surface area (Å²) in [5.41, 5.74) is 0.803. The summed E-state index contributed by atoms with van der Waals surface area (Å²) in [5, 5.41) is 8.90. The highest BCUT2D eigenvalue weighted by Crippen LogP contribution is 2.18. The summed E-state index contributed by atoms with van der Waals surface area (Å²) in [6.07, 6.45) is 5.31. The molecule has 5 nitrogen and oxygen atoms in total. The van der Waals surface area contributed by atoms with E-state index in [1.807, 2.05) is 10.6 Å². The average molecular weight is 284 g/mol. The highest BCUT2D eigenvalue weighted by Gasteiger charge is 2.15.